The molecule has 0 heterocycles. The summed E-state index contributed by atoms with van der Waals surface area (Å²) >= 11 is 0. The van der Waals surface area contributed by atoms with Crippen molar-refractivity contribution in [1.29, 1.82) is 0 Å². The lowest BCUT2D eigenvalue weighted by Crippen LogP contribution is -2.20. The maximum absolute atomic E-state index is 12.0. The molecule has 2 fully saturated rings. The normalized spacial score (nSPS) is 18.1. The van der Waals surface area contributed by atoms with Crippen LogP contribution in [0.15, 0.2) is 0 Å². The van der Waals surface area contributed by atoms with Crippen LogP contribution in [0.25, 0.3) is 0 Å². The van der Waals surface area contributed by atoms with Gasteiger partial charge in [-0.2, -0.15) is 0 Å². The first-order chi connectivity index (χ1) is 14.6. The van der Waals surface area contributed by atoms with Gasteiger partial charge in [-0.05, 0) is 77.0 Å². The molecule has 5 heteroatoms. The number of ether oxygens (including phenoxy) is 2. The molecule has 2 rings (SSSR count). The van der Waals surface area contributed by atoms with E-state index in [0.29, 0.717) is 31.5 Å². The van der Waals surface area contributed by atoms with Crippen LogP contribution in [0.3, 0.4) is 0 Å². The van der Waals surface area contributed by atoms with E-state index in [1.165, 1.54) is 38.5 Å². The second-order valence-corrected chi connectivity index (χ2v) is 9.16. The van der Waals surface area contributed by atoms with Gasteiger partial charge in [-0.3, -0.25) is 14.4 Å². The van der Waals surface area contributed by atoms with Gasteiger partial charge in [0.15, 0.2) is 0 Å². The molecule has 0 aromatic heterocycles. The lowest BCUT2D eigenvalue weighted by atomic mass is 9.98. The third kappa shape index (κ3) is 11.7. The molecule has 2 saturated carbocycles. The quantitative estimate of drug-likeness (QED) is 0.246. The first-order valence-electron chi connectivity index (χ1n) is 12.5. The summed E-state index contributed by atoms with van der Waals surface area (Å²) in [6.07, 6.45) is 18.8. The second kappa shape index (κ2) is 15.4. The number of esters is 2. The Balaban J connectivity index is 1.36. The van der Waals surface area contributed by atoms with Crippen molar-refractivity contribution < 1.29 is 23.9 Å². The standard InChI is InChI=1S/C25H42O5/c26-21(13-5-1-11-19-24(27)29-22-15-7-3-8-16-22)14-6-2-12-20-25(28)30-23-17-9-4-10-18-23/h22-23H,1-20H2. The van der Waals surface area contributed by atoms with E-state index in [9.17, 15) is 14.4 Å². The van der Waals surface area contributed by atoms with Crippen molar-refractivity contribution in [3.8, 4) is 0 Å². The maximum Gasteiger partial charge on any atom is 0.306 e. The monoisotopic (exact) mass is 422 g/mol. The summed E-state index contributed by atoms with van der Waals surface area (Å²) in [5.41, 5.74) is 0. The third-order valence-corrected chi connectivity index (χ3v) is 6.37. The Morgan fingerprint density at radius 1 is 0.500 bits per heavy atom. The minimum absolute atomic E-state index is 0.0739. The molecule has 0 atom stereocenters. The molecular formula is C25H42O5. The van der Waals surface area contributed by atoms with Crippen LogP contribution in [-0.2, 0) is 23.9 Å². The molecule has 0 aromatic rings. The van der Waals surface area contributed by atoms with Crippen molar-refractivity contribution in [3.63, 3.8) is 0 Å². The predicted octanol–water partition coefficient (Wildman–Crippen LogP) is 6.21. The van der Waals surface area contributed by atoms with E-state index in [4.69, 9.17) is 9.47 Å². The minimum Gasteiger partial charge on any atom is -0.462 e. The Labute approximate surface area is 182 Å². The molecule has 0 saturated heterocycles. The number of hydrogen-bond donors (Lipinski definition) is 0. The minimum atomic E-state index is -0.0739. The molecule has 30 heavy (non-hydrogen) atoms. The van der Waals surface area contributed by atoms with Crippen LogP contribution in [-0.4, -0.2) is 29.9 Å². The molecule has 0 aromatic carbocycles. The van der Waals surface area contributed by atoms with E-state index in [2.05, 4.69) is 0 Å². The summed E-state index contributed by atoms with van der Waals surface area (Å²) in [6, 6.07) is 0. The predicted molar refractivity (Wildman–Crippen MR) is 117 cm³/mol. The molecule has 0 aliphatic heterocycles. The van der Waals surface area contributed by atoms with Gasteiger partial charge in [0, 0.05) is 25.7 Å². The highest BCUT2D eigenvalue weighted by Gasteiger charge is 2.18. The number of hydrogen-bond acceptors (Lipinski definition) is 5. The van der Waals surface area contributed by atoms with Crippen molar-refractivity contribution in [3.05, 3.63) is 0 Å². The molecule has 0 spiro atoms. The summed E-state index contributed by atoms with van der Waals surface area (Å²) in [7, 11) is 0. The molecular weight excluding hydrogens is 380 g/mol. The van der Waals surface area contributed by atoms with Gasteiger partial charge in [-0.1, -0.05) is 25.7 Å². The lowest BCUT2D eigenvalue weighted by Gasteiger charge is -2.21. The fourth-order valence-electron chi connectivity index (χ4n) is 4.52. The second-order valence-electron chi connectivity index (χ2n) is 9.16. The van der Waals surface area contributed by atoms with Crippen molar-refractivity contribution >= 4 is 17.7 Å². The fourth-order valence-corrected chi connectivity index (χ4v) is 4.52. The third-order valence-electron chi connectivity index (χ3n) is 6.37. The number of ketones is 1. The van der Waals surface area contributed by atoms with Crippen LogP contribution in [0.1, 0.15) is 128 Å². The van der Waals surface area contributed by atoms with Crippen molar-refractivity contribution in [1.82, 2.24) is 0 Å². The summed E-state index contributed by atoms with van der Waals surface area (Å²) in [5.74, 6) is 0.148. The van der Waals surface area contributed by atoms with Crippen LogP contribution in [0.2, 0.25) is 0 Å². The summed E-state index contributed by atoms with van der Waals surface area (Å²) in [4.78, 5) is 35.7. The maximum atomic E-state index is 12.0. The number of unbranched alkanes of at least 4 members (excludes halogenated alkanes) is 4. The van der Waals surface area contributed by atoms with E-state index >= 15 is 0 Å². The van der Waals surface area contributed by atoms with Gasteiger partial charge in [0.05, 0.1) is 0 Å². The smallest absolute Gasteiger partial charge is 0.306 e. The van der Waals surface area contributed by atoms with Crippen molar-refractivity contribution in [2.24, 2.45) is 0 Å². The van der Waals surface area contributed by atoms with E-state index in [-0.39, 0.29) is 24.1 Å². The molecule has 0 unspecified atom stereocenters. The molecule has 2 aliphatic rings. The first kappa shape index (κ1) is 24.9. The number of carbonyl (C=O) groups excluding carboxylic acids is 3. The summed E-state index contributed by atoms with van der Waals surface area (Å²) < 4.78 is 11.0. The summed E-state index contributed by atoms with van der Waals surface area (Å²) in [5, 5.41) is 0. The van der Waals surface area contributed by atoms with Crippen molar-refractivity contribution in [2.45, 2.75) is 141 Å². The average molecular weight is 423 g/mol. The van der Waals surface area contributed by atoms with Gasteiger partial charge < -0.3 is 9.47 Å². The molecule has 5 nitrogen and oxygen atoms in total. The Hall–Kier alpha value is -1.39. The van der Waals surface area contributed by atoms with E-state index in [0.717, 1.165) is 64.2 Å². The van der Waals surface area contributed by atoms with Crippen LogP contribution in [0.4, 0.5) is 0 Å². The molecule has 172 valence electrons. The molecule has 0 amide bonds. The van der Waals surface area contributed by atoms with E-state index in [1.54, 1.807) is 0 Å². The zero-order chi connectivity index (χ0) is 21.4. The molecule has 0 N–H and O–H groups in total. The van der Waals surface area contributed by atoms with Crippen LogP contribution in [0, 0.1) is 0 Å². The summed E-state index contributed by atoms with van der Waals surface area (Å²) in [6.45, 7) is 0. The van der Waals surface area contributed by atoms with Crippen LogP contribution >= 0.6 is 0 Å². The van der Waals surface area contributed by atoms with Gasteiger partial charge >= 0.3 is 11.9 Å². The topological polar surface area (TPSA) is 69.7 Å². The first-order valence-corrected chi connectivity index (χ1v) is 12.5. The Morgan fingerprint density at radius 3 is 1.27 bits per heavy atom. The lowest BCUT2D eigenvalue weighted by molar-refractivity contribution is -0.151. The zero-order valence-corrected chi connectivity index (χ0v) is 18.8. The van der Waals surface area contributed by atoms with E-state index in [1.807, 2.05) is 0 Å². The highest BCUT2D eigenvalue weighted by molar-refractivity contribution is 5.78. The van der Waals surface area contributed by atoms with Crippen molar-refractivity contribution in [2.75, 3.05) is 0 Å². The SMILES string of the molecule is O=C(CCCCCC(=O)OC1CCCCC1)CCCCCC(=O)OC1CCCCC1. The van der Waals surface area contributed by atoms with Crippen LogP contribution in [0.5, 0.6) is 0 Å². The molecule has 0 bridgehead atoms. The van der Waals surface area contributed by atoms with Gasteiger partial charge in [0.1, 0.15) is 18.0 Å². The number of Topliss-reactive ketones (excluding diaryl/α,β-unsaturated/α-hetero) is 1. The molecule has 2 aliphatic carbocycles. The van der Waals surface area contributed by atoms with Gasteiger partial charge in [0.2, 0.25) is 0 Å². The Kier molecular flexibility index (Phi) is 12.8. The Morgan fingerprint density at radius 2 is 0.867 bits per heavy atom. The number of carbonyl (C=O) groups is 3. The zero-order valence-electron chi connectivity index (χ0n) is 18.8. The highest BCUT2D eigenvalue weighted by atomic mass is 16.5. The van der Waals surface area contributed by atoms with Gasteiger partial charge in [0.25, 0.3) is 0 Å². The van der Waals surface area contributed by atoms with Crippen LogP contribution < -0.4 is 0 Å². The largest absolute Gasteiger partial charge is 0.462 e. The average Bonchev–Trinajstić information content (AvgIpc) is 2.74. The van der Waals surface area contributed by atoms with E-state index < -0.39 is 0 Å². The number of rotatable bonds is 14. The fraction of sp³-hybridized carbons (Fsp3) is 0.880. The molecule has 0 radical (unpaired) electrons. The highest BCUT2D eigenvalue weighted by Crippen LogP contribution is 2.22. The van der Waals surface area contributed by atoms with Gasteiger partial charge in [-0.15, -0.1) is 0 Å². The Bertz CT molecular complexity index is 460. The van der Waals surface area contributed by atoms with Gasteiger partial charge in [-0.25, -0.2) is 0 Å².